The number of carbonyl (C=O) groups excluding carboxylic acids is 1. The molecular weight excluding hydrogens is 458 g/mol. The minimum atomic E-state index is 0.142. The van der Waals surface area contributed by atoms with Crippen molar-refractivity contribution in [1.29, 1.82) is 0 Å². The highest BCUT2D eigenvalue weighted by Gasteiger charge is 2.28. The summed E-state index contributed by atoms with van der Waals surface area (Å²) in [7, 11) is 0. The molecule has 3 heteroatoms. The van der Waals surface area contributed by atoms with Crippen LogP contribution in [0.5, 0.6) is 0 Å². The smallest absolute Gasteiger partial charge is 0.265 e. The first-order valence-corrected chi connectivity index (χ1v) is 15.5. The van der Waals surface area contributed by atoms with Gasteiger partial charge in [-0.25, -0.2) is 0 Å². The molecular formula is C33H47NOS. The number of fused-ring (bicyclic) bond motifs is 1. The van der Waals surface area contributed by atoms with Gasteiger partial charge >= 0.3 is 0 Å². The summed E-state index contributed by atoms with van der Waals surface area (Å²) in [4.78, 5) is 17.3. The lowest BCUT2D eigenvalue weighted by molar-refractivity contribution is -0.114. The van der Waals surface area contributed by atoms with E-state index in [1.807, 2.05) is 35.2 Å². The van der Waals surface area contributed by atoms with Gasteiger partial charge in [-0.2, -0.15) is 0 Å². The van der Waals surface area contributed by atoms with Gasteiger partial charge in [-0.3, -0.25) is 4.79 Å². The second kappa shape index (κ2) is 17.5. The Bertz CT molecular complexity index is 907. The zero-order valence-electron chi connectivity index (χ0n) is 22.6. The molecule has 1 aliphatic rings. The van der Waals surface area contributed by atoms with Gasteiger partial charge in [0.15, 0.2) is 0 Å². The number of anilines is 1. The van der Waals surface area contributed by atoms with E-state index in [1.54, 1.807) is 11.8 Å². The maximum atomic E-state index is 13.3. The molecule has 0 saturated heterocycles. The first-order valence-electron chi connectivity index (χ1n) is 14.6. The molecule has 0 aliphatic carbocycles. The van der Waals surface area contributed by atoms with Crippen molar-refractivity contribution in [3.8, 4) is 0 Å². The van der Waals surface area contributed by atoms with E-state index < -0.39 is 0 Å². The number of hydrogen-bond donors (Lipinski definition) is 0. The second-order valence-corrected chi connectivity index (χ2v) is 11.3. The Kier molecular flexibility index (Phi) is 13.9. The van der Waals surface area contributed by atoms with Crippen LogP contribution in [-0.2, 0) is 4.79 Å². The molecule has 1 heterocycles. The Labute approximate surface area is 225 Å². The summed E-state index contributed by atoms with van der Waals surface area (Å²) in [6, 6.07) is 18.5. The largest absolute Gasteiger partial charge is 0.307 e. The first kappa shape index (κ1) is 28.6. The molecule has 0 radical (unpaired) electrons. The molecule has 0 unspecified atom stereocenters. The fraction of sp³-hybridized carbons (Fsp3) is 0.545. The van der Waals surface area contributed by atoms with Crippen LogP contribution >= 0.6 is 11.8 Å². The van der Waals surface area contributed by atoms with Crippen LogP contribution in [0.3, 0.4) is 0 Å². The van der Waals surface area contributed by atoms with E-state index in [2.05, 4.69) is 37.3 Å². The Hall–Kier alpha value is -2.00. The van der Waals surface area contributed by atoms with E-state index in [1.165, 1.54) is 101 Å². The first-order chi connectivity index (χ1) is 17.8. The van der Waals surface area contributed by atoms with Crippen LogP contribution in [-0.4, -0.2) is 12.5 Å². The van der Waals surface area contributed by atoms with Crippen molar-refractivity contribution < 1.29 is 4.79 Å². The van der Waals surface area contributed by atoms with Crippen molar-refractivity contribution in [2.45, 2.75) is 115 Å². The molecule has 2 nitrogen and oxygen atoms in total. The summed E-state index contributed by atoms with van der Waals surface area (Å²) < 4.78 is 0. The van der Waals surface area contributed by atoms with Crippen LogP contribution in [0, 0.1) is 0 Å². The van der Waals surface area contributed by atoms with E-state index in [9.17, 15) is 4.79 Å². The molecule has 0 saturated carbocycles. The van der Waals surface area contributed by atoms with Crippen molar-refractivity contribution in [2.75, 3.05) is 11.4 Å². The molecule has 36 heavy (non-hydrogen) atoms. The van der Waals surface area contributed by atoms with Crippen molar-refractivity contribution in [2.24, 2.45) is 0 Å². The summed E-state index contributed by atoms with van der Waals surface area (Å²) in [6.07, 6.45) is 23.9. The third-order valence-corrected chi connectivity index (χ3v) is 8.24. The predicted molar refractivity (Wildman–Crippen MR) is 159 cm³/mol. The number of hydrogen-bond acceptors (Lipinski definition) is 2. The molecule has 0 aromatic heterocycles. The van der Waals surface area contributed by atoms with Crippen LogP contribution < -0.4 is 4.90 Å². The fourth-order valence-corrected chi connectivity index (χ4v) is 6.06. The SMILES string of the molecule is CCCCCCCCCCCCCCCCCCN1C(=O)/C(=C/c2ccccc2)Sc2ccccc21. The van der Waals surface area contributed by atoms with Crippen LogP contribution in [0.2, 0.25) is 0 Å². The van der Waals surface area contributed by atoms with Crippen molar-refractivity contribution >= 4 is 29.4 Å². The Balaban J connectivity index is 1.29. The summed E-state index contributed by atoms with van der Waals surface area (Å²) >= 11 is 1.60. The zero-order valence-corrected chi connectivity index (χ0v) is 23.4. The van der Waals surface area contributed by atoms with E-state index in [4.69, 9.17) is 0 Å². The van der Waals surface area contributed by atoms with Crippen LogP contribution in [0.15, 0.2) is 64.4 Å². The number of benzene rings is 2. The van der Waals surface area contributed by atoms with E-state index in [0.29, 0.717) is 0 Å². The molecule has 2 aromatic carbocycles. The van der Waals surface area contributed by atoms with E-state index in [-0.39, 0.29) is 5.91 Å². The highest BCUT2D eigenvalue weighted by molar-refractivity contribution is 8.04. The number of carbonyl (C=O) groups is 1. The molecule has 1 aliphatic heterocycles. The summed E-state index contributed by atoms with van der Waals surface area (Å²) in [5, 5.41) is 0. The fourth-order valence-electron chi connectivity index (χ4n) is 5.00. The van der Waals surface area contributed by atoms with E-state index >= 15 is 0 Å². The lowest BCUT2D eigenvalue weighted by Crippen LogP contribution is -2.35. The molecule has 0 spiro atoms. The number of nitrogens with zero attached hydrogens (tertiary/aromatic N) is 1. The van der Waals surface area contributed by atoms with E-state index in [0.717, 1.165) is 29.1 Å². The number of rotatable bonds is 18. The average Bonchev–Trinajstić information content (AvgIpc) is 2.90. The van der Waals surface area contributed by atoms with Crippen molar-refractivity contribution in [3.63, 3.8) is 0 Å². The lowest BCUT2D eigenvalue weighted by Gasteiger charge is -2.30. The number of amides is 1. The van der Waals surface area contributed by atoms with Gasteiger partial charge in [-0.1, -0.05) is 157 Å². The van der Waals surface area contributed by atoms with Crippen LogP contribution in [0.25, 0.3) is 6.08 Å². The third kappa shape index (κ3) is 10.2. The molecule has 0 bridgehead atoms. The van der Waals surface area contributed by atoms with Gasteiger partial charge < -0.3 is 4.90 Å². The maximum Gasteiger partial charge on any atom is 0.265 e. The van der Waals surface area contributed by atoms with Gasteiger partial charge in [-0.15, -0.1) is 0 Å². The average molecular weight is 506 g/mol. The number of thioether (sulfide) groups is 1. The molecule has 0 N–H and O–H groups in total. The van der Waals surface area contributed by atoms with Crippen LogP contribution in [0.4, 0.5) is 5.69 Å². The summed E-state index contributed by atoms with van der Waals surface area (Å²) in [5.41, 5.74) is 2.15. The zero-order chi connectivity index (χ0) is 25.3. The van der Waals surface area contributed by atoms with Gasteiger partial charge in [0.05, 0.1) is 10.6 Å². The highest BCUT2D eigenvalue weighted by Crippen LogP contribution is 2.42. The second-order valence-electron chi connectivity index (χ2n) is 10.2. The molecule has 3 rings (SSSR count). The lowest BCUT2D eigenvalue weighted by atomic mass is 10.0. The Morgan fingerprint density at radius 2 is 1.14 bits per heavy atom. The summed E-state index contributed by atoms with van der Waals surface area (Å²) in [5.74, 6) is 0.142. The van der Waals surface area contributed by atoms with Gasteiger partial charge in [0.2, 0.25) is 0 Å². The standard InChI is InChI=1S/C33H47NOS/c1-2-3-4-5-6-7-8-9-10-11-12-13-14-15-16-22-27-34-30-25-20-21-26-31(30)36-32(33(34)35)28-29-23-18-17-19-24-29/h17-21,23-26,28H,2-16,22,27H2,1H3/b32-28-. The number of para-hydroxylation sites is 1. The predicted octanol–water partition coefficient (Wildman–Crippen LogP) is 10.4. The van der Waals surface area contributed by atoms with Gasteiger partial charge in [-0.05, 0) is 30.2 Å². The molecule has 0 atom stereocenters. The molecule has 2 aromatic rings. The molecule has 1 amide bonds. The summed E-state index contributed by atoms with van der Waals surface area (Å²) in [6.45, 7) is 3.09. The van der Waals surface area contributed by atoms with Crippen molar-refractivity contribution in [1.82, 2.24) is 0 Å². The monoisotopic (exact) mass is 505 g/mol. The van der Waals surface area contributed by atoms with Gasteiger partial charge in [0.1, 0.15) is 0 Å². The maximum absolute atomic E-state index is 13.3. The number of unbranched alkanes of at least 4 members (excludes halogenated alkanes) is 15. The van der Waals surface area contributed by atoms with Crippen molar-refractivity contribution in [3.05, 3.63) is 65.1 Å². The molecule has 0 fully saturated rings. The normalized spacial score (nSPS) is 14.4. The van der Waals surface area contributed by atoms with Gasteiger partial charge in [0.25, 0.3) is 5.91 Å². The Morgan fingerprint density at radius 1 is 0.639 bits per heavy atom. The highest BCUT2D eigenvalue weighted by atomic mass is 32.2. The topological polar surface area (TPSA) is 20.3 Å². The minimum Gasteiger partial charge on any atom is -0.307 e. The molecule has 196 valence electrons. The quantitative estimate of drug-likeness (QED) is 0.148. The van der Waals surface area contributed by atoms with Crippen LogP contribution in [0.1, 0.15) is 115 Å². The van der Waals surface area contributed by atoms with Gasteiger partial charge in [0, 0.05) is 11.4 Å². The Morgan fingerprint density at radius 3 is 1.72 bits per heavy atom. The third-order valence-electron chi connectivity index (χ3n) is 7.16. The minimum absolute atomic E-state index is 0.142.